The summed E-state index contributed by atoms with van der Waals surface area (Å²) >= 11 is 3.64. The van der Waals surface area contributed by atoms with E-state index in [1.54, 1.807) is 0 Å². The van der Waals surface area contributed by atoms with Crippen molar-refractivity contribution >= 4 is 15.9 Å². The maximum atomic E-state index is 3.64. The molecule has 2 fully saturated rings. The van der Waals surface area contributed by atoms with E-state index in [2.05, 4.69) is 66.3 Å². The monoisotopic (exact) mass is 335 g/mol. The van der Waals surface area contributed by atoms with Crippen LogP contribution in [0.1, 0.15) is 51.5 Å². The number of piperidine rings is 1. The minimum atomic E-state index is 0.496. The molecule has 0 radical (unpaired) electrons. The third-order valence-electron chi connectivity index (χ3n) is 5.71. The van der Waals surface area contributed by atoms with Gasteiger partial charge in [0.05, 0.1) is 0 Å². The van der Waals surface area contributed by atoms with Gasteiger partial charge in [-0.05, 0) is 60.3 Å². The summed E-state index contributed by atoms with van der Waals surface area (Å²) in [6, 6.07) is 8.97. The van der Waals surface area contributed by atoms with Crippen molar-refractivity contribution in [3.8, 4) is 0 Å². The summed E-state index contributed by atoms with van der Waals surface area (Å²) in [5.74, 6) is 1.48. The molecule has 1 nitrogen and oxygen atoms in total. The summed E-state index contributed by atoms with van der Waals surface area (Å²) in [7, 11) is 0. The minimum Gasteiger partial charge on any atom is -0.316 e. The van der Waals surface area contributed by atoms with Crippen molar-refractivity contribution in [2.75, 3.05) is 13.1 Å². The first-order valence-electron chi connectivity index (χ1n) is 7.89. The van der Waals surface area contributed by atoms with Crippen LogP contribution in [0, 0.1) is 16.7 Å². The molecule has 1 heterocycles. The van der Waals surface area contributed by atoms with Crippen LogP contribution < -0.4 is 5.32 Å². The average Bonchev–Trinajstić information content (AvgIpc) is 2.60. The second-order valence-corrected chi connectivity index (χ2v) is 8.66. The Hall–Kier alpha value is -0.340. The van der Waals surface area contributed by atoms with Gasteiger partial charge in [0, 0.05) is 16.9 Å². The Morgan fingerprint density at radius 3 is 2.75 bits per heavy atom. The second-order valence-electron chi connectivity index (χ2n) is 7.74. The molecule has 2 aliphatic rings. The molecule has 3 atom stereocenters. The second kappa shape index (κ2) is 5.14. The van der Waals surface area contributed by atoms with E-state index in [0.29, 0.717) is 16.7 Å². The zero-order valence-electron chi connectivity index (χ0n) is 12.9. The lowest BCUT2D eigenvalue weighted by atomic mass is 9.62. The molecule has 1 aliphatic heterocycles. The van der Waals surface area contributed by atoms with Gasteiger partial charge in [0.25, 0.3) is 0 Å². The molecule has 1 N–H and O–H groups in total. The van der Waals surface area contributed by atoms with E-state index in [9.17, 15) is 0 Å². The van der Waals surface area contributed by atoms with Crippen LogP contribution in [0.5, 0.6) is 0 Å². The molecule has 0 amide bonds. The first kappa shape index (κ1) is 14.6. The fourth-order valence-electron chi connectivity index (χ4n) is 5.09. The molecule has 1 saturated heterocycles. The van der Waals surface area contributed by atoms with Gasteiger partial charge < -0.3 is 5.32 Å². The van der Waals surface area contributed by atoms with Gasteiger partial charge in [-0.25, -0.2) is 0 Å². The lowest BCUT2D eigenvalue weighted by Crippen LogP contribution is -2.45. The quantitative estimate of drug-likeness (QED) is 0.764. The van der Waals surface area contributed by atoms with E-state index in [1.165, 1.54) is 35.8 Å². The van der Waals surface area contributed by atoms with Crippen molar-refractivity contribution in [1.29, 1.82) is 0 Å². The summed E-state index contributed by atoms with van der Waals surface area (Å²) < 4.78 is 1.21. The van der Waals surface area contributed by atoms with Crippen molar-refractivity contribution in [2.45, 2.75) is 46.0 Å². The van der Waals surface area contributed by atoms with Crippen molar-refractivity contribution in [1.82, 2.24) is 5.32 Å². The predicted octanol–water partition coefficient (Wildman–Crippen LogP) is 4.97. The molecule has 1 aliphatic carbocycles. The Kier molecular flexibility index (Phi) is 3.75. The number of hydrogen-bond donors (Lipinski definition) is 1. The van der Waals surface area contributed by atoms with Crippen molar-refractivity contribution in [2.24, 2.45) is 16.7 Å². The van der Waals surface area contributed by atoms with Gasteiger partial charge in [0.2, 0.25) is 0 Å². The molecule has 3 unspecified atom stereocenters. The highest BCUT2D eigenvalue weighted by Gasteiger charge is 2.53. The van der Waals surface area contributed by atoms with E-state index in [4.69, 9.17) is 0 Å². The van der Waals surface area contributed by atoms with Crippen LogP contribution in [0.3, 0.4) is 0 Å². The van der Waals surface area contributed by atoms with Crippen LogP contribution >= 0.6 is 15.9 Å². The maximum absolute atomic E-state index is 3.64. The number of nitrogens with one attached hydrogen (secondary N) is 1. The number of benzene rings is 1. The van der Waals surface area contributed by atoms with Crippen LogP contribution in [0.15, 0.2) is 28.7 Å². The Balaban J connectivity index is 2.00. The van der Waals surface area contributed by atoms with Gasteiger partial charge in [0.15, 0.2) is 0 Å². The van der Waals surface area contributed by atoms with Gasteiger partial charge in [0.1, 0.15) is 0 Å². The molecule has 110 valence electrons. The Morgan fingerprint density at radius 1 is 1.30 bits per heavy atom. The molecule has 1 aromatic rings. The van der Waals surface area contributed by atoms with Crippen molar-refractivity contribution < 1.29 is 0 Å². The van der Waals surface area contributed by atoms with Crippen LogP contribution in [-0.4, -0.2) is 13.1 Å². The molecule has 1 aromatic carbocycles. The molecule has 3 rings (SSSR count). The van der Waals surface area contributed by atoms with Crippen LogP contribution in [0.4, 0.5) is 0 Å². The number of halogens is 1. The molecule has 20 heavy (non-hydrogen) atoms. The van der Waals surface area contributed by atoms with E-state index >= 15 is 0 Å². The SMILES string of the molecule is CC1CC(C)(C)CC12CCNCC2c1cccc(Br)c1. The molecular weight excluding hydrogens is 310 g/mol. The number of hydrogen-bond acceptors (Lipinski definition) is 1. The average molecular weight is 336 g/mol. The van der Waals surface area contributed by atoms with Crippen LogP contribution in [0.2, 0.25) is 0 Å². The molecule has 1 saturated carbocycles. The van der Waals surface area contributed by atoms with Gasteiger partial charge in [-0.3, -0.25) is 0 Å². The zero-order chi connectivity index (χ0) is 14.4. The van der Waals surface area contributed by atoms with Crippen molar-refractivity contribution in [3.05, 3.63) is 34.3 Å². The maximum Gasteiger partial charge on any atom is 0.0178 e. The van der Waals surface area contributed by atoms with Gasteiger partial charge >= 0.3 is 0 Å². The van der Waals surface area contributed by atoms with Crippen LogP contribution in [-0.2, 0) is 0 Å². The number of rotatable bonds is 1. The molecule has 1 spiro atoms. The Labute approximate surface area is 131 Å². The highest BCUT2D eigenvalue weighted by atomic mass is 79.9. The first-order chi connectivity index (χ1) is 9.43. The molecule has 0 aromatic heterocycles. The Morgan fingerprint density at radius 2 is 2.10 bits per heavy atom. The Bertz CT molecular complexity index is 496. The normalized spacial score (nSPS) is 36.4. The fourth-order valence-corrected chi connectivity index (χ4v) is 5.51. The standard InChI is InChI=1S/C18H26BrN/c1-13-10-17(2,3)12-18(13)7-8-20-11-16(18)14-5-4-6-15(19)9-14/h4-6,9,13,16,20H,7-8,10-12H2,1-3H3. The van der Waals surface area contributed by atoms with Gasteiger partial charge in [-0.2, -0.15) is 0 Å². The molecule has 0 bridgehead atoms. The summed E-state index contributed by atoms with van der Waals surface area (Å²) in [5, 5.41) is 3.64. The van der Waals surface area contributed by atoms with Crippen molar-refractivity contribution in [3.63, 3.8) is 0 Å². The van der Waals surface area contributed by atoms with Crippen LogP contribution in [0.25, 0.3) is 0 Å². The predicted molar refractivity (Wildman–Crippen MR) is 89.0 cm³/mol. The van der Waals surface area contributed by atoms with E-state index in [0.717, 1.165) is 12.5 Å². The summed E-state index contributed by atoms with van der Waals surface area (Å²) in [6.07, 6.45) is 4.08. The largest absolute Gasteiger partial charge is 0.316 e. The summed E-state index contributed by atoms with van der Waals surface area (Å²) in [5.41, 5.74) is 2.51. The third-order valence-corrected chi connectivity index (χ3v) is 6.20. The first-order valence-corrected chi connectivity index (χ1v) is 8.68. The smallest absolute Gasteiger partial charge is 0.0178 e. The lowest BCUT2D eigenvalue weighted by molar-refractivity contribution is 0.108. The minimum absolute atomic E-state index is 0.496. The fraction of sp³-hybridized carbons (Fsp3) is 0.667. The van der Waals surface area contributed by atoms with Gasteiger partial charge in [-0.15, -0.1) is 0 Å². The zero-order valence-corrected chi connectivity index (χ0v) is 14.5. The lowest BCUT2D eigenvalue weighted by Gasteiger charge is -2.46. The summed E-state index contributed by atoms with van der Waals surface area (Å²) in [4.78, 5) is 0. The molecular formula is C18H26BrN. The highest BCUT2D eigenvalue weighted by Crippen LogP contribution is 2.61. The van der Waals surface area contributed by atoms with E-state index < -0.39 is 0 Å². The van der Waals surface area contributed by atoms with E-state index in [1.807, 2.05) is 0 Å². The highest BCUT2D eigenvalue weighted by molar-refractivity contribution is 9.10. The van der Waals surface area contributed by atoms with Gasteiger partial charge in [-0.1, -0.05) is 48.8 Å². The topological polar surface area (TPSA) is 12.0 Å². The molecule has 2 heteroatoms. The van der Waals surface area contributed by atoms with E-state index in [-0.39, 0.29) is 0 Å². The third kappa shape index (κ3) is 2.46. The summed E-state index contributed by atoms with van der Waals surface area (Å²) in [6.45, 7) is 9.73.